The molecule has 1 aromatic carbocycles. The number of thiophene rings is 1. The van der Waals surface area contributed by atoms with Crippen LogP contribution in [0.15, 0.2) is 45.7 Å². The predicted octanol–water partition coefficient (Wildman–Crippen LogP) is 0.645. The van der Waals surface area contributed by atoms with Crippen molar-refractivity contribution >= 4 is 44.6 Å². The minimum atomic E-state index is -3.60. The van der Waals surface area contributed by atoms with Crippen LogP contribution in [0, 0.1) is 5.82 Å². The van der Waals surface area contributed by atoms with Crippen LogP contribution in [0.1, 0.15) is 11.3 Å². The zero-order valence-electron chi connectivity index (χ0n) is 17.4. The van der Waals surface area contributed by atoms with Gasteiger partial charge in [0.1, 0.15) is 21.8 Å². The van der Waals surface area contributed by atoms with E-state index < -0.39 is 33.7 Å². The Balaban J connectivity index is 1.42. The maximum atomic E-state index is 13.2. The summed E-state index contributed by atoms with van der Waals surface area (Å²) in [4.78, 5) is 25.2. The van der Waals surface area contributed by atoms with Crippen molar-refractivity contribution in [2.45, 2.75) is 23.2 Å². The molecule has 3 N–H and O–H groups in total. The van der Waals surface area contributed by atoms with E-state index in [1.807, 2.05) is 0 Å². The first-order chi connectivity index (χ1) is 15.8. The third-order valence-electron chi connectivity index (χ3n) is 5.22. The quantitative estimate of drug-likeness (QED) is 0.579. The summed E-state index contributed by atoms with van der Waals surface area (Å²) in [6.45, 7) is 1.42. The van der Waals surface area contributed by atoms with Gasteiger partial charge in [-0.1, -0.05) is 0 Å². The second-order valence-electron chi connectivity index (χ2n) is 7.41. The highest BCUT2D eigenvalue weighted by Gasteiger charge is 2.35. The predicted molar refractivity (Wildman–Crippen MR) is 120 cm³/mol. The maximum Gasteiger partial charge on any atom is 0.267 e. The van der Waals surface area contributed by atoms with Gasteiger partial charge >= 0.3 is 0 Å². The Hall–Kier alpha value is -2.87. The molecule has 0 aliphatic carbocycles. The number of carbonyl (C=O) groups is 2. The van der Waals surface area contributed by atoms with E-state index in [0.29, 0.717) is 36.9 Å². The van der Waals surface area contributed by atoms with Crippen LogP contribution in [0.3, 0.4) is 0 Å². The SMILES string of the molecule is NC(=O)C1CC(C(=O)NCc2ccc(S(=O)(=O)N3CCOCC3)s2)=NN1c1ccc(F)cc1. The molecule has 10 nitrogen and oxygen atoms in total. The molecule has 33 heavy (non-hydrogen) atoms. The number of morpholine rings is 1. The second-order valence-corrected chi connectivity index (χ2v) is 10.7. The van der Waals surface area contributed by atoms with Gasteiger partial charge in [-0.3, -0.25) is 14.6 Å². The number of primary amides is 1. The third kappa shape index (κ3) is 5.05. The molecule has 1 aromatic heterocycles. The number of amides is 2. The Bertz CT molecular complexity index is 1180. The zero-order valence-corrected chi connectivity index (χ0v) is 19.1. The number of hydrogen-bond acceptors (Lipinski definition) is 8. The molecule has 2 aliphatic heterocycles. The van der Waals surface area contributed by atoms with E-state index >= 15 is 0 Å². The number of hydrazone groups is 1. The molecule has 0 saturated carbocycles. The molecule has 176 valence electrons. The van der Waals surface area contributed by atoms with Gasteiger partial charge in [-0.2, -0.15) is 9.41 Å². The molecular weight excluding hydrogens is 473 g/mol. The fourth-order valence-electron chi connectivity index (χ4n) is 3.48. The van der Waals surface area contributed by atoms with Gasteiger partial charge in [0.15, 0.2) is 0 Å². The van der Waals surface area contributed by atoms with Crippen LogP contribution in [-0.2, 0) is 30.9 Å². The van der Waals surface area contributed by atoms with Crippen molar-refractivity contribution in [2.75, 3.05) is 31.3 Å². The summed E-state index contributed by atoms with van der Waals surface area (Å²) in [7, 11) is -3.60. The molecule has 2 aromatic rings. The number of halogens is 1. The molecule has 13 heteroatoms. The maximum absolute atomic E-state index is 13.2. The number of benzene rings is 1. The number of ether oxygens (including phenoxy) is 1. The zero-order chi connectivity index (χ0) is 23.6. The van der Waals surface area contributed by atoms with Crippen molar-refractivity contribution in [2.24, 2.45) is 10.8 Å². The standard InChI is InChI=1S/C20H22FN5O5S2/c21-13-1-3-14(4-2-13)26-17(19(22)27)11-16(24-26)20(28)23-12-15-5-6-18(32-15)33(29,30)25-7-9-31-10-8-25/h1-6,17H,7-12H2,(H2,22,27)(H,23,28). The number of nitrogens with two attached hydrogens (primary N) is 1. The molecule has 2 aliphatic rings. The van der Waals surface area contributed by atoms with Crippen LogP contribution in [0.25, 0.3) is 0 Å². The Morgan fingerprint density at radius 2 is 1.88 bits per heavy atom. The van der Waals surface area contributed by atoms with Crippen molar-refractivity contribution in [3.05, 3.63) is 47.1 Å². The minimum absolute atomic E-state index is 0.000353. The molecule has 1 saturated heterocycles. The number of nitrogens with zero attached hydrogens (tertiary/aromatic N) is 3. The topological polar surface area (TPSA) is 134 Å². The Morgan fingerprint density at radius 3 is 2.55 bits per heavy atom. The van der Waals surface area contributed by atoms with Crippen molar-refractivity contribution in [3.8, 4) is 0 Å². The first kappa shape index (κ1) is 23.3. The molecule has 1 unspecified atom stereocenters. The van der Waals surface area contributed by atoms with Gasteiger partial charge in [0.25, 0.3) is 15.9 Å². The third-order valence-corrected chi connectivity index (χ3v) is 8.67. The van der Waals surface area contributed by atoms with E-state index in [1.165, 1.54) is 39.6 Å². The number of nitrogens with one attached hydrogen (secondary N) is 1. The van der Waals surface area contributed by atoms with Crippen molar-refractivity contribution in [1.29, 1.82) is 0 Å². The normalized spacial score (nSPS) is 19.4. The van der Waals surface area contributed by atoms with Crippen LogP contribution in [0.4, 0.5) is 10.1 Å². The fraction of sp³-hybridized carbons (Fsp3) is 0.350. The average Bonchev–Trinajstić information content (AvgIpc) is 3.47. The lowest BCUT2D eigenvalue weighted by Crippen LogP contribution is -2.40. The summed E-state index contributed by atoms with van der Waals surface area (Å²) >= 11 is 1.08. The Kier molecular flexibility index (Phi) is 6.74. The molecule has 2 amide bonds. The molecule has 1 fully saturated rings. The van der Waals surface area contributed by atoms with Gasteiger partial charge in [0.05, 0.1) is 25.4 Å². The van der Waals surface area contributed by atoms with Crippen LogP contribution in [-0.4, -0.2) is 62.6 Å². The Labute approximate surface area is 193 Å². The molecule has 4 rings (SSSR count). The van der Waals surface area contributed by atoms with E-state index in [1.54, 1.807) is 6.07 Å². The average molecular weight is 496 g/mol. The number of carbonyl (C=O) groups excluding carboxylic acids is 2. The number of sulfonamides is 1. The lowest BCUT2D eigenvalue weighted by atomic mass is 10.1. The van der Waals surface area contributed by atoms with Gasteiger partial charge in [0.2, 0.25) is 5.91 Å². The number of anilines is 1. The molecular formula is C20H22FN5O5S2. The highest BCUT2D eigenvalue weighted by Crippen LogP contribution is 2.27. The molecule has 0 bridgehead atoms. The van der Waals surface area contributed by atoms with Gasteiger partial charge < -0.3 is 15.8 Å². The monoisotopic (exact) mass is 495 g/mol. The van der Waals surface area contributed by atoms with E-state index in [-0.39, 0.29) is 22.9 Å². The van der Waals surface area contributed by atoms with Crippen molar-refractivity contribution in [1.82, 2.24) is 9.62 Å². The summed E-state index contributed by atoms with van der Waals surface area (Å²) < 4.78 is 45.5. The van der Waals surface area contributed by atoms with Crippen molar-refractivity contribution < 1.29 is 27.1 Å². The number of rotatable bonds is 7. The highest BCUT2D eigenvalue weighted by atomic mass is 32.2. The Morgan fingerprint density at radius 1 is 1.18 bits per heavy atom. The molecule has 1 atom stereocenters. The lowest BCUT2D eigenvalue weighted by Gasteiger charge is -2.25. The lowest BCUT2D eigenvalue weighted by molar-refractivity contribution is -0.119. The van der Waals surface area contributed by atoms with Gasteiger partial charge in [0, 0.05) is 24.4 Å². The molecule has 0 spiro atoms. The van der Waals surface area contributed by atoms with Gasteiger partial charge in [-0.15, -0.1) is 11.3 Å². The summed E-state index contributed by atoms with van der Waals surface area (Å²) in [5, 5.41) is 8.21. The van der Waals surface area contributed by atoms with Crippen LogP contribution in [0.2, 0.25) is 0 Å². The largest absolute Gasteiger partial charge is 0.379 e. The smallest absolute Gasteiger partial charge is 0.267 e. The number of hydrogen-bond donors (Lipinski definition) is 2. The first-order valence-electron chi connectivity index (χ1n) is 10.1. The van der Waals surface area contributed by atoms with Crippen LogP contribution in [0.5, 0.6) is 0 Å². The molecule has 0 radical (unpaired) electrons. The van der Waals surface area contributed by atoms with E-state index in [0.717, 1.165) is 11.3 Å². The van der Waals surface area contributed by atoms with E-state index in [9.17, 15) is 22.4 Å². The van der Waals surface area contributed by atoms with Crippen LogP contribution >= 0.6 is 11.3 Å². The van der Waals surface area contributed by atoms with Crippen molar-refractivity contribution in [3.63, 3.8) is 0 Å². The summed E-state index contributed by atoms with van der Waals surface area (Å²) in [6.07, 6.45) is -0.000353. The summed E-state index contributed by atoms with van der Waals surface area (Å²) in [6, 6.07) is 7.62. The van der Waals surface area contributed by atoms with Gasteiger partial charge in [-0.05, 0) is 36.4 Å². The van der Waals surface area contributed by atoms with Gasteiger partial charge in [-0.25, -0.2) is 12.8 Å². The second kappa shape index (κ2) is 9.55. The molecule has 3 heterocycles. The van der Waals surface area contributed by atoms with E-state index in [2.05, 4.69) is 10.4 Å². The minimum Gasteiger partial charge on any atom is -0.379 e. The van der Waals surface area contributed by atoms with E-state index in [4.69, 9.17) is 10.5 Å². The fourth-order valence-corrected chi connectivity index (χ4v) is 6.33. The summed E-state index contributed by atoms with van der Waals surface area (Å²) in [5.41, 5.74) is 5.99. The van der Waals surface area contributed by atoms with Crippen LogP contribution < -0.4 is 16.1 Å². The summed E-state index contributed by atoms with van der Waals surface area (Å²) in [5.74, 6) is -1.61. The highest BCUT2D eigenvalue weighted by molar-refractivity contribution is 7.91. The first-order valence-corrected chi connectivity index (χ1v) is 12.4.